The lowest BCUT2D eigenvalue weighted by atomic mass is 9.97. The van der Waals surface area contributed by atoms with Crippen LogP contribution in [0.5, 0.6) is 0 Å². The molecule has 3 aromatic heterocycles. The van der Waals surface area contributed by atoms with Gasteiger partial charge in [0.05, 0.1) is 0 Å². The fourth-order valence-corrected chi connectivity index (χ4v) is 11.2. The molecule has 9 aromatic carbocycles. The van der Waals surface area contributed by atoms with Gasteiger partial charge in [-0.25, -0.2) is 15.0 Å². The first-order chi connectivity index (χ1) is 30.7. The lowest BCUT2D eigenvalue weighted by Crippen LogP contribution is -2.01. The van der Waals surface area contributed by atoms with E-state index in [1.807, 2.05) is 17.4 Å². The molecule has 0 amide bonds. The monoisotopic (exact) mass is 825 g/mol. The lowest BCUT2D eigenvalue weighted by molar-refractivity contribution is 1.08. The molecule has 0 atom stereocenters. The van der Waals surface area contributed by atoms with Gasteiger partial charge in [-0.1, -0.05) is 194 Å². The minimum atomic E-state index is 0.639. The smallest absolute Gasteiger partial charge is 0.165 e. The maximum atomic E-state index is 5.23. The van der Waals surface area contributed by atoms with Crippen LogP contribution < -0.4 is 0 Å². The topological polar surface area (TPSA) is 38.7 Å². The van der Waals surface area contributed by atoms with Crippen molar-refractivity contribution < 1.29 is 0 Å². The predicted molar refractivity (Wildman–Crippen MR) is 264 cm³/mol. The van der Waals surface area contributed by atoms with Crippen molar-refractivity contribution in [2.75, 3.05) is 0 Å². The van der Waals surface area contributed by atoms with Crippen LogP contribution in [0.1, 0.15) is 0 Å². The number of nitrogens with zero attached hydrogens (tertiary/aromatic N) is 3. The molecule has 0 bridgehead atoms. The Bertz CT molecular complexity index is 3610. The Balaban J connectivity index is 0.878. The summed E-state index contributed by atoms with van der Waals surface area (Å²) in [5, 5.41) is 5.11. The molecule has 0 N–H and O–H groups in total. The van der Waals surface area contributed by atoms with Crippen molar-refractivity contribution in [2.45, 2.75) is 0 Å². The first-order valence-electron chi connectivity index (χ1n) is 20.8. The Morgan fingerprint density at radius 3 is 1.18 bits per heavy atom. The number of hydrogen-bond acceptors (Lipinski definition) is 5. The Morgan fingerprint density at radius 2 is 0.597 bits per heavy atom. The number of aromatic nitrogens is 3. The number of thiophene rings is 2. The molecule has 3 heterocycles. The van der Waals surface area contributed by atoms with Gasteiger partial charge in [0.25, 0.3) is 0 Å². The third kappa shape index (κ3) is 6.38. The van der Waals surface area contributed by atoms with Crippen molar-refractivity contribution in [3.05, 3.63) is 212 Å². The standard InChI is InChI=1S/C57H35N3S2/c1-2-12-40(13-3-1)43-14-4-5-17-49(43)56-58-55(59-57(60-56)50-21-11-20-48-46-16-7-9-23-52(46)62-54(48)50)42-34-30-39(31-35-42)37-26-24-36(25-27-37)38-28-32-41(33-29-38)44-18-10-19-47-45-15-6-8-22-51(45)61-53(44)47/h1-35H. The van der Waals surface area contributed by atoms with Gasteiger partial charge in [0.2, 0.25) is 0 Å². The maximum absolute atomic E-state index is 5.23. The summed E-state index contributed by atoms with van der Waals surface area (Å²) in [5.74, 6) is 1.95. The van der Waals surface area contributed by atoms with Gasteiger partial charge in [-0.3, -0.25) is 0 Å². The minimum absolute atomic E-state index is 0.639. The quantitative estimate of drug-likeness (QED) is 0.161. The SMILES string of the molecule is c1ccc(-c2ccccc2-c2nc(-c3ccc(-c4ccc(-c5ccc(-c6cccc7c6sc6ccccc67)cc5)cc4)cc3)nc(-c3cccc4c3sc3ccccc34)n2)cc1. The molecule has 0 radical (unpaired) electrons. The summed E-state index contributed by atoms with van der Waals surface area (Å²) in [6.45, 7) is 0. The molecule has 0 fully saturated rings. The Kier molecular flexibility index (Phi) is 8.87. The Morgan fingerprint density at radius 1 is 0.226 bits per heavy atom. The third-order valence-electron chi connectivity index (χ3n) is 11.8. The zero-order valence-corrected chi connectivity index (χ0v) is 35.0. The molecular formula is C57H35N3S2. The summed E-state index contributed by atoms with van der Waals surface area (Å²) in [4.78, 5) is 15.6. The predicted octanol–water partition coefficient (Wildman–Crippen LogP) is 16.3. The number of benzene rings is 9. The zero-order valence-electron chi connectivity index (χ0n) is 33.4. The van der Waals surface area contributed by atoms with E-state index in [0.717, 1.165) is 38.9 Å². The molecule has 0 aliphatic carbocycles. The second-order valence-corrected chi connectivity index (χ2v) is 17.6. The highest BCUT2D eigenvalue weighted by Gasteiger charge is 2.19. The van der Waals surface area contributed by atoms with Crippen molar-refractivity contribution in [1.29, 1.82) is 0 Å². The van der Waals surface area contributed by atoms with Gasteiger partial charge in [-0.05, 0) is 62.7 Å². The molecule has 0 saturated carbocycles. The van der Waals surface area contributed by atoms with Gasteiger partial charge in [-0.15, -0.1) is 22.7 Å². The van der Waals surface area contributed by atoms with Gasteiger partial charge in [0, 0.05) is 57.0 Å². The normalized spacial score (nSPS) is 11.5. The van der Waals surface area contributed by atoms with Crippen LogP contribution in [-0.4, -0.2) is 15.0 Å². The van der Waals surface area contributed by atoms with Crippen LogP contribution in [0.4, 0.5) is 0 Å². The van der Waals surface area contributed by atoms with Crippen LogP contribution in [0, 0.1) is 0 Å². The molecule has 290 valence electrons. The third-order valence-corrected chi connectivity index (χ3v) is 14.3. The Labute approximate surface area is 366 Å². The summed E-state index contributed by atoms with van der Waals surface area (Å²) in [6, 6.07) is 75.6. The number of fused-ring (bicyclic) bond motifs is 6. The summed E-state index contributed by atoms with van der Waals surface area (Å²) < 4.78 is 5.09. The molecular weight excluding hydrogens is 791 g/mol. The number of hydrogen-bond donors (Lipinski definition) is 0. The van der Waals surface area contributed by atoms with Gasteiger partial charge in [-0.2, -0.15) is 0 Å². The van der Waals surface area contributed by atoms with Gasteiger partial charge < -0.3 is 0 Å². The van der Waals surface area contributed by atoms with E-state index < -0.39 is 0 Å². The molecule has 5 heteroatoms. The van der Waals surface area contributed by atoms with Crippen LogP contribution in [0.15, 0.2) is 212 Å². The van der Waals surface area contributed by atoms with Crippen LogP contribution in [0.25, 0.3) is 119 Å². The largest absolute Gasteiger partial charge is 0.208 e. The van der Waals surface area contributed by atoms with Gasteiger partial charge in [0.15, 0.2) is 17.5 Å². The summed E-state index contributed by atoms with van der Waals surface area (Å²) in [7, 11) is 0. The van der Waals surface area contributed by atoms with E-state index in [9.17, 15) is 0 Å². The highest BCUT2D eigenvalue weighted by Crippen LogP contribution is 2.42. The van der Waals surface area contributed by atoms with Crippen molar-refractivity contribution in [1.82, 2.24) is 15.0 Å². The van der Waals surface area contributed by atoms with E-state index in [-0.39, 0.29) is 0 Å². The molecule has 0 aliphatic heterocycles. The van der Waals surface area contributed by atoms with E-state index in [1.165, 1.54) is 62.6 Å². The fraction of sp³-hybridized carbons (Fsp3) is 0. The van der Waals surface area contributed by atoms with Crippen LogP contribution in [0.3, 0.4) is 0 Å². The lowest BCUT2D eigenvalue weighted by Gasteiger charge is -2.12. The van der Waals surface area contributed by atoms with E-state index in [2.05, 4.69) is 206 Å². The van der Waals surface area contributed by atoms with Crippen molar-refractivity contribution in [2.24, 2.45) is 0 Å². The molecule has 0 spiro atoms. The summed E-state index contributed by atoms with van der Waals surface area (Å²) >= 11 is 3.66. The van der Waals surface area contributed by atoms with E-state index >= 15 is 0 Å². The van der Waals surface area contributed by atoms with Crippen molar-refractivity contribution in [3.8, 4) is 78.7 Å². The van der Waals surface area contributed by atoms with Crippen molar-refractivity contribution >= 4 is 63.0 Å². The number of rotatable bonds is 7. The zero-order chi connectivity index (χ0) is 41.0. The maximum Gasteiger partial charge on any atom is 0.165 e. The fourth-order valence-electron chi connectivity index (χ4n) is 8.70. The van der Waals surface area contributed by atoms with Crippen LogP contribution in [0.2, 0.25) is 0 Å². The molecule has 0 aliphatic rings. The molecule has 0 unspecified atom stereocenters. The van der Waals surface area contributed by atoms with E-state index in [4.69, 9.17) is 15.0 Å². The van der Waals surface area contributed by atoms with Gasteiger partial charge in [0.1, 0.15) is 0 Å². The molecule has 12 rings (SSSR count). The van der Waals surface area contributed by atoms with Crippen LogP contribution in [-0.2, 0) is 0 Å². The van der Waals surface area contributed by atoms with E-state index in [1.54, 1.807) is 11.3 Å². The van der Waals surface area contributed by atoms with Gasteiger partial charge >= 0.3 is 0 Å². The summed E-state index contributed by atoms with van der Waals surface area (Å²) in [5.41, 5.74) is 12.3. The Hall–Kier alpha value is -7.57. The average molecular weight is 826 g/mol. The molecule has 3 nitrogen and oxygen atoms in total. The second-order valence-electron chi connectivity index (χ2n) is 15.5. The summed E-state index contributed by atoms with van der Waals surface area (Å²) in [6.07, 6.45) is 0. The first-order valence-corrected chi connectivity index (χ1v) is 22.4. The molecule has 0 saturated heterocycles. The second kappa shape index (κ2) is 15.2. The van der Waals surface area contributed by atoms with Crippen LogP contribution >= 0.6 is 22.7 Å². The van der Waals surface area contributed by atoms with E-state index in [0.29, 0.717) is 17.5 Å². The molecule has 62 heavy (non-hydrogen) atoms. The highest BCUT2D eigenvalue weighted by molar-refractivity contribution is 7.26. The molecule has 12 aromatic rings. The average Bonchev–Trinajstić information content (AvgIpc) is 3.93. The minimum Gasteiger partial charge on any atom is -0.208 e. The van der Waals surface area contributed by atoms with Crippen molar-refractivity contribution in [3.63, 3.8) is 0 Å². The highest BCUT2D eigenvalue weighted by atomic mass is 32.1. The first kappa shape index (κ1) is 36.3.